The van der Waals surface area contributed by atoms with Gasteiger partial charge in [-0.25, -0.2) is 4.79 Å². The van der Waals surface area contributed by atoms with E-state index >= 15 is 0 Å². The minimum atomic E-state index is -1.32. The van der Waals surface area contributed by atoms with Gasteiger partial charge in [0.05, 0.1) is 24.0 Å². The van der Waals surface area contributed by atoms with Crippen LogP contribution in [0.4, 0.5) is 4.79 Å². The summed E-state index contributed by atoms with van der Waals surface area (Å²) in [5.74, 6) is -0.386. The zero-order valence-electron chi connectivity index (χ0n) is 23.7. The van der Waals surface area contributed by atoms with Gasteiger partial charge in [-0.15, -0.1) is 0 Å². The fourth-order valence-corrected chi connectivity index (χ4v) is 5.99. The van der Waals surface area contributed by atoms with E-state index in [-0.39, 0.29) is 11.8 Å². The van der Waals surface area contributed by atoms with Gasteiger partial charge in [-0.1, -0.05) is 54.9 Å². The highest BCUT2D eigenvalue weighted by Gasteiger charge is 2.43. The average molecular weight is 579 g/mol. The molecule has 2 heterocycles. The summed E-state index contributed by atoms with van der Waals surface area (Å²) in [5, 5.41) is 16.0. The van der Waals surface area contributed by atoms with E-state index in [9.17, 15) is 14.7 Å². The van der Waals surface area contributed by atoms with E-state index in [2.05, 4.69) is 29.4 Å². The molecular weight excluding hydrogens is 540 g/mol. The zero-order valence-corrected chi connectivity index (χ0v) is 24.5. The molecule has 0 radical (unpaired) electrons. The Hall–Kier alpha value is -3.46. The molecule has 0 unspecified atom stereocenters. The maximum atomic E-state index is 13.5. The summed E-state index contributed by atoms with van der Waals surface area (Å²) in [6, 6.07) is 17.4. The number of aromatic nitrogens is 1. The van der Waals surface area contributed by atoms with Crippen LogP contribution < -0.4 is 11.1 Å². The lowest BCUT2D eigenvalue weighted by atomic mass is 9.72. The summed E-state index contributed by atoms with van der Waals surface area (Å²) in [6.45, 7) is 3.71. The summed E-state index contributed by atoms with van der Waals surface area (Å²) in [4.78, 5) is 31.2. The van der Waals surface area contributed by atoms with Gasteiger partial charge < -0.3 is 25.8 Å². The van der Waals surface area contributed by atoms with E-state index in [1.807, 2.05) is 30.3 Å². The molecule has 1 fully saturated rings. The Bertz CT molecular complexity index is 1350. The molecule has 2 atom stereocenters. The number of piperidine rings is 1. The number of pyridine rings is 1. The second-order valence-corrected chi connectivity index (χ2v) is 10.9. The standard InChI is InChI=1S/C32H39ClN4O4/c1-3-22-8-4-9-23(18-22)29-27(11-5-12-28(29)33)32(40,15-7-16-35-31(39)41-2)25-10-6-17-37(21-25)30(38)24-13-14-26(19-34)36-20-24/h4-5,8-9,11-14,18,20,25,40H,3,6-7,10,15-17,19,21,34H2,1-2H3,(H,35,39)/t25-,32+/m1/s1. The zero-order chi connectivity index (χ0) is 29.4. The van der Waals surface area contributed by atoms with E-state index < -0.39 is 11.7 Å². The number of alkyl carbamates (subject to hydrolysis) is 1. The summed E-state index contributed by atoms with van der Waals surface area (Å²) < 4.78 is 4.71. The van der Waals surface area contributed by atoms with Crippen molar-refractivity contribution in [3.05, 3.63) is 88.2 Å². The minimum absolute atomic E-state index is 0.123. The lowest BCUT2D eigenvalue weighted by Gasteiger charge is -2.44. The van der Waals surface area contributed by atoms with E-state index in [0.29, 0.717) is 55.3 Å². The van der Waals surface area contributed by atoms with Crippen molar-refractivity contribution >= 4 is 23.6 Å². The molecule has 2 aromatic carbocycles. The molecule has 1 aromatic heterocycles. The quantitative estimate of drug-likeness (QED) is 0.281. The van der Waals surface area contributed by atoms with Crippen LogP contribution in [0.25, 0.3) is 11.1 Å². The SMILES string of the molecule is CCc1cccc(-c2c(Cl)cccc2[C@](O)(CCCNC(=O)OC)[C@@H]2CCCN(C(=O)c3ccc(CN)nc3)C2)c1. The van der Waals surface area contributed by atoms with Crippen molar-refractivity contribution in [3.63, 3.8) is 0 Å². The summed E-state index contributed by atoms with van der Waals surface area (Å²) >= 11 is 6.84. The van der Waals surface area contributed by atoms with Crippen LogP contribution >= 0.6 is 11.6 Å². The van der Waals surface area contributed by atoms with Crippen LogP contribution in [0, 0.1) is 5.92 Å². The van der Waals surface area contributed by atoms with E-state index in [1.165, 1.54) is 12.7 Å². The number of carbonyl (C=O) groups is 2. The van der Waals surface area contributed by atoms with Crippen molar-refractivity contribution in [2.45, 2.75) is 51.2 Å². The van der Waals surface area contributed by atoms with Crippen LogP contribution in [0.15, 0.2) is 60.8 Å². The Labute approximate surface area is 246 Å². The average Bonchev–Trinajstić information content (AvgIpc) is 3.02. The number of nitrogens with zero attached hydrogens (tertiary/aromatic N) is 2. The molecule has 2 amide bonds. The first-order valence-corrected chi connectivity index (χ1v) is 14.5. The summed E-state index contributed by atoms with van der Waals surface area (Å²) in [6.07, 6.45) is 4.26. The number of benzene rings is 2. The number of nitrogens with two attached hydrogens (primary N) is 1. The van der Waals surface area contributed by atoms with Crippen LogP contribution in [0.5, 0.6) is 0 Å². The normalized spacial score (nSPS) is 16.6. The Morgan fingerprint density at radius 2 is 2.02 bits per heavy atom. The van der Waals surface area contributed by atoms with Crippen molar-refractivity contribution < 1.29 is 19.4 Å². The smallest absolute Gasteiger partial charge is 0.406 e. The fraction of sp³-hybridized carbons (Fsp3) is 0.406. The molecule has 3 aromatic rings. The molecule has 1 aliphatic heterocycles. The number of nitrogens with one attached hydrogen (secondary N) is 1. The van der Waals surface area contributed by atoms with Crippen LogP contribution in [0.2, 0.25) is 5.02 Å². The van der Waals surface area contributed by atoms with E-state index in [4.69, 9.17) is 22.1 Å². The van der Waals surface area contributed by atoms with Crippen LogP contribution in [-0.4, -0.2) is 53.7 Å². The van der Waals surface area contributed by atoms with Gasteiger partial charge in [0.1, 0.15) is 0 Å². The Morgan fingerprint density at radius 1 is 1.22 bits per heavy atom. The van der Waals surface area contributed by atoms with Gasteiger partial charge in [0.2, 0.25) is 0 Å². The predicted molar refractivity (Wildman–Crippen MR) is 161 cm³/mol. The first-order chi connectivity index (χ1) is 19.8. The molecular formula is C32H39ClN4O4. The second kappa shape index (κ2) is 13.9. The van der Waals surface area contributed by atoms with Crippen molar-refractivity contribution in [3.8, 4) is 11.1 Å². The van der Waals surface area contributed by atoms with Crippen molar-refractivity contribution in [1.29, 1.82) is 0 Å². The number of aliphatic hydroxyl groups is 1. The molecule has 41 heavy (non-hydrogen) atoms. The minimum Gasteiger partial charge on any atom is -0.453 e. The number of hydrogen-bond acceptors (Lipinski definition) is 6. The van der Waals surface area contributed by atoms with Crippen LogP contribution in [0.3, 0.4) is 0 Å². The number of likely N-dealkylation sites (tertiary alicyclic amines) is 1. The second-order valence-electron chi connectivity index (χ2n) is 10.5. The molecule has 8 nitrogen and oxygen atoms in total. The lowest BCUT2D eigenvalue weighted by molar-refractivity contribution is -0.0563. The maximum absolute atomic E-state index is 13.5. The molecule has 0 spiro atoms. The summed E-state index contributed by atoms with van der Waals surface area (Å²) in [7, 11) is 1.32. The number of hydrogen-bond donors (Lipinski definition) is 3. The largest absolute Gasteiger partial charge is 0.453 e. The molecule has 1 aliphatic rings. The fourth-order valence-electron chi connectivity index (χ4n) is 5.71. The third kappa shape index (κ3) is 7.07. The number of aryl methyl sites for hydroxylation is 1. The highest BCUT2D eigenvalue weighted by molar-refractivity contribution is 6.33. The molecule has 0 aliphatic carbocycles. The van der Waals surface area contributed by atoms with Crippen molar-refractivity contribution in [2.75, 3.05) is 26.7 Å². The Balaban J connectivity index is 1.70. The van der Waals surface area contributed by atoms with E-state index in [0.717, 1.165) is 36.0 Å². The summed E-state index contributed by atoms with van der Waals surface area (Å²) in [5.41, 5.74) is 9.18. The number of halogens is 1. The predicted octanol–water partition coefficient (Wildman–Crippen LogP) is 5.30. The molecule has 4 N–H and O–H groups in total. The number of amides is 2. The topological polar surface area (TPSA) is 118 Å². The number of methoxy groups -OCH3 is 1. The van der Waals surface area contributed by atoms with Gasteiger partial charge >= 0.3 is 6.09 Å². The number of rotatable bonds is 10. The monoisotopic (exact) mass is 578 g/mol. The van der Waals surface area contributed by atoms with Crippen molar-refractivity contribution in [1.82, 2.24) is 15.2 Å². The Kier molecular flexibility index (Phi) is 10.4. The lowest BCUT2D eigenvalue weighted by Crippen LogP contribution is -2.48. The molecule has 0 bridgehead atoms. The molecule has 0 saturated carbocycles. The molecule has 1 saturated heterocycles. The van der Waals surface area contributed by atoms with Gasteiger partial charge in [-0.2, -0.15) is 0 Å². The van der Waals surface area contributed by atoms with Crippen LogP contribution in [-0.2, 0) is 23.3 Å². The van der Waals surface area contributed by atoms with Gasteiger partial charge in [-0.05, 0) is 67.0 Å². The maximum Gasteiger partial charge on any atom is 0.406 e. The highest BCUT2D eigenvalue weighted by Crippen LogP contribution is 2.45. The first-order valence-electron chi connectivity index (χ1n) is 14.2. The number of ether oxygens (including phenoxy) is 1. The van der Waals surface area contributed by atoms with Gasteiger partial charge in [-0.3, -0.25) is 9.78 Å². The van der Waals surface area contributed by atoms with E-state index in [1.54, 1.807) is 23.2 Å². The Morgan fingerprint density at radius 3 is 2.73 bits per heavy atom. The van der Waals surface area contributed by atoms with Crippen molar-refractivity contribution in [2.24, 2.45) is 11.7 Å². The molecule has 4 rings (SSSR count). The van der Waals surface area contributed by atoms with Crippen LogP contribution in [0.1, 0.15) is 59.8 Å². The highest BCUT2D eigenvalue weighted by atomic mass is 35.5. The third-order valence-electron chi connectivity index (χ3n) is 7.96. The molecule has 9 heteroatoms. The third-order valence-corrected chi connectivity index (χ3v) is 8.27. The van der Waals surface area contributed by atoms with Gasteiger partial charge in [0.25, 0.3) is 5.91 Å². The first kappa shape index (κ1) is 30.5. The number of carbonyl (C=O) groups excluding carboxylic acids is 2. The molecule has 218 valence electrons. The van der Waals surface area contributed by atoms with Gasteiger partial charge in [0.15, 0.2) is 0 Å². The van der Waals surface area contributed by atoms with Gasteiger partial charge in [0, 0.05) is 48.9 Å².